The van der Waals surface area contributed by atoms with Crippen LogP contribution in [0, 0.1) is 0 Å². The van der Waals surface area contributed by atoms with E-state index in [1.165, 1.54) is 11.1 Å². The first-order valence-electron chi connectivity index (χ1n) is 7.14. The molecule has 1 heterocycles. The predicted octanol–water partition coefficient (Wildman–Crippen LogP) is 4.18. The van der Waals surface area contributed by atoms with Crippen LogP contribution in [0.15, 0.2) is 24.3 Å². The van der Waals surface area contributed by atoms with Gasteiger partial charge < -0.3 is 4.90 Å². The van der Waals surface area contributed by atoms with Crippen molar-refractivity contribution < 1.29 is 4.79 Å². The monoisotopic (exact) mass is 277 g/mol. The molecule has 2 rings (SSSR count). The smallest absolute Gasteiger partial charge is 0.223 e. The van der Waals surface area contributed by atoms with E-state index in [-0.39, 0.29) is 5.37 Å². The highest BCUT2D eigenvalue weighted by molar-refractivity contribution is 7.99. The van der Waals surface area contributed by atoms with Gasteiger partial charge in [0.05, 0.1) is 0 Å². The van der Waals surface area contributed by atoms with Crippen LogP contribution in [0.1, 0.15) is 56.0 Å². The van der Waals surface area contributed by atoms with Crippen LogP contribution in [0.5, 0.6) is 0 Å². The zero-order valence-electron chi connectivity index (χ0n) is 12.1. The Bertz CT molecular complexity index is 427. The zero-order valence-corrected chi connectivity index (χ0v) is 12.9. The fourth-order valence-corrected chi connectivity index (χ4v) is 3.68. The van der Waals surface area contributed by atoms with Crippen molar-refractivity contribution in [2.75, 3.05) is 12.3 Å². The molecular formula is C16H23NOS. The lowest BCUT2D eigenvalue weighted by atomic mass is 10.0. The maximum absolute atomic E-state index is 12.1. The van der Waals surface area contributed by atoms with Crippen molar-refractivity contribution in [3.63, 3.8) is 0 Å². The highest BCUT2D eigenvalue weighted by atomic mass is 32.2. The summed E-state index contributed by atoms with van der Waals surface area (Å²) in [4.78, 5) is 14.2. The molecule has 0 N–H and O–H groups in total. The molecular weight excluding hydrogens is 254 g/mol. The van der Waals surface area contributed by atoms with Crippen LogP contribution in [0.25, 0.3) is 0 Å². The lowest BCUT2D eigenvalue weighted by molar-refractivity contribution is -0.131. The molecule has 0 bridgehead atoms. The van der Waals surface area contributed by atoms with Gasteiger partial charge in [0, 0.05) is 18.7 Å². The molecule has 1 aliphatic heterocycles. The van der Waals surface area contributed by atoms with Gasteiger partial charge in [0.2, 0.25) is 5.91 Å². The van der Waals surface area contributed by atoms with E-state index in [2.05, 4.69) is 45.0 Å². The minimum absolute atomic E-state index is 0.222. The molecule has 1 aromatic carbocycles. The topological polar surface area (TPSA) is 20.3 Å². The van der Waals surface area contributed by atoms with E-state index in [0.29, 0.717) is 18.2 Å². The van der Waals surface area contributed by atoms with E-state index >= 15 is 0 Å². The van der Waals surface area contributed by atoms with Gasteiger partial charge in [0.25, 0.3) is 0 Å². The molecule has 1 atom stereocenters. The van der Waals surface area contributed by atoms with Crippen LogP contribution in [-0.4, -0.2) is 23.1 Å². The highest BCUT2D eigenvalue weighted by Crippen LogP contribution is 2.38. The van der Waals surface area contributed by atoms with Gasteiger partial charge in [-0.3, -0.25) is 4.79 Å². The van der Waals surface area contributed by atoms with Gasteiger partial charge in [-0.15, -0.1) is 11.8 Å². The highest BCUT2D eigenvalue weighted by Gasteiger charge is 2.29. The Kier molecular flexibility index (Phi) is 4.92. The number of hydrogen-bond acceptors (Lipinski definition) is 2. The number of rotatable bonds is 4. The van der Waals surface area contributed by atoms with Crippen molar-refractivity contribution in [3.8, 4) is 0 Å². The second-order valence-corrected chi connectivity index (χ2v) is 6.57. The molecule has 0 spiro atoms. The summed E-state index contributed by atoms with van der Waals surface area (Å²) in [5.74, 6) is 1.90. The Morgan fingerprint density at radius 3 is 2.63 bits per heavy atom. The summed E-state index contributed by atoms with van der Waals surface area (Å²) in [7, 11) is 0. The van der Waals surface area contributed by atoms with Gasteiger partial charge >= 0.3 is 0 Å². The number of hydrogen-bond donors (Lipinski definition) is 0. The summed E-state index contributed by atoms with van der Waals surface area (Å²) in [5.41, 5.74) is 2.62. The SMILES string of the molecule is CCCC(=O)N1CCS[C@@H]1c1ccc(C(C)C)cc1. The fraction of sp³-hybridized carbons (Fsp3) is 0.562. The average molecular weight is 277 g/mol. The summed E-state index contributed by atoms with van der Waals surface area (Å²) in [6.07, 6.45) is 1.60. The molecule has 1 fully saturated rings. The Balaban J connectivity index is 2.13. The third-order valence-electron chi connectivity index (χ3n) is 3.56. The Morgan fingerprint density at radius 2 is 2.05 bits per heavy atom. The number of amides is 1. The van der Waals surface area contributed by atoms with Crippen molar-refractivity contribution >= 4 is 17.7 Å². The van der Waals surface area contributed by atoms with Crippen LogP contribution in [0.4, 0.5) is 0 Å². The molecule has 3 heteroatoms. The van der Waals surface area contributed by atoms with Crippen LogP contribution >= 0.6 is 11.8 Å². The minimum atomic E-state index is 0.222. The van der Waals surface area contributed by atoms with E-state index in [9.17, 15) is 4.79 Å². The number of carbonyl (C=O) groups is 1. The molecule has 1 aromatic rings. The quantitative estimate of drug-likeness (QED) is 0.822. The molecule has 0 saturated carbocycles. The molecule has 2 nitrogen and oxygen atoms in total. The Morgan fingerprint density at radius 1 is 1.37 bits per heavy atom. The van der Waals surface area contributed by atoms with Crippen molar-refractivity contribution in [2.24, 2.45) is 0 Å². The summed E-state index contributed by atoms with van der Waals surface area (Å²) in [5, 5.41) is 0.222. The third-order valence-corrected chi connectivity index (χ3v) is 4.82. The number of benzene rings is 1. The van der Waals surface area contributed by atoms with Gasteiger partial charge in [0.1, 0.15) is 5.37 Å². The fourth-order valence-electron chi connectivity index (χ4n) is 2.40. The molecule has 104 valence electrons. The molecule has 1 amide bonds. The second kappa shape index (κ2) is 6.47. The van der Waals surface area contributed by atoms with Gasteiger partial charge in [0.15, 0.2) is 0 Å². The van der Waals surface area contributed by atoms with Gasteiger partial charge in [-0.25, -0.2) is 0 Å². The number of carbonyl (C=O) groups excluding carboxylic acids is 1. The van der Waals surface area contributed by atoms with Crippen LogP contribution in [0.3, 0.4) is 0 Å². The lowest BCUT2D eigenvalue weighted by Crippen LogP contribution is -2.30. The van der Waals surface area contributed by atoms with E-state index in [4.69, 9.17) is 0 Å². The Labute approximate surface area is 120 Å². The minimum Gasteiger partial charge on any atom is -0.326 e. The van der Waals surface area contributed by atoms with Crippen molar-refractivity contribution in [3.05, 3.63) is 35.4 Å². The summed E-state index contributed by atoms with van der Waals surface area (Å²) >= 11 is 1.88. The molecule has 0 radical (unpaired) electrons. The first-order chi connectivity index (χ1) is 9.13. The van der Waals surface area contributed by atoms with Crippen LogP contribution in [0.2, 0.25) is 0 Å². The van der Waals surface area contributed by atoms with Gasteiger partial charge in [-0.05, 0) is 23.5 Å². The first-order valence-corrected chi connectivity index (χ1v) is 8.19. The zero-order chi connectivity index (χ0) is 13.8. The average Bonchev–Trinajstić information content (AvgIpc) is 2.88. The summed E-state index contributed by atoms with van der Waals surface area (Å²) in [6.45, 7) is 7.36. The molecule has 0 aliphatic carbocycles. The summed E-state index contributed by atoms with van der Waals surface area (Å²) in [6, 6.07) is 8.76. The summed E-state index contributed by atoms with van der Waals surface area (Å²) < 4.78 is 0. The number of thioether (sulfide) groups is 1. The van der Waals surface area contributed by atoms with Gasteiger partial charge in [-0.2, -0.15) is 0 Å². The maximum atomic E-state index is 12.1. The predicted molar refractivity (Wildman–Crippen MR) is 82.4 cm³/mol. The number of nitrogens with zero attached hydrogens (tertiary/aromatic N) is 1. The van der Waals surface area contributed by atoms with Crippen molar-refractivity contribution in [2.45, 2.75) is 44.9 Å². The van der Waals surface area contributed by atoms with E-state index < -0.39 is 0 Å². The molecule has 0 aromatic heterocycles. The molecule has 19 heavy (non-hydrogen) atoms. The van der Waals surface area contributed by atoms with Crippen molar-refractivity contribution in [1.82, 2.24) is 4.90 Å². The van der Waals surface area contributed by atoms with E-state index in [0.717, 1.165) is 18.7 Å². The second-order valence-electron chi connectivity index (χ2n) is 5.38. The van der Waals surface area contributed by atoms with E-state index in [1.54, 1.807) is 0 Å². The third kappa shape index (κ3) is 3.33. The lowest BCUT2D eigenvalue weighted by Gasteiger charge is -2.24. The van der Waals surface area contributed by atoms with E-state index in [1.807, 2.05) is 16.7 Å². The molecule has 1 aliphatic rings. The van der Waals surface area contributed by atoms with Crippen LogP contribution < -0.4 is 0 Å². The first kappa shape index (κ1) is 14.4. The van der Waals surface area contributed by atoms with Crippen LogP contribution in [-0.2, 0) is 4.79 Å². The maximum Gasteiger partial charge on any atom is 0.223 e. The van der Waals surface area contributed by atoms with Crippen molar-refractivity contribution in [1.29, 1.82) is 0 Å². The normalized spacial score (nSPS) is 19.2. The molecule has 1 saturated heterocycles. The molecule has 0 unspecified atom stereocenters. The largest absolute Gasteiger partial charge is 0.326 e. The Hall–Kier alpha value is -0.960. The standard InChI is InChI=1S/C16H23NOS/c1-4-5-15(18)17-10-11-19-16(17)14-8-6-13(7-9-14)12(2)3/h6-9,12,16H,4-5,10-11H2,1-3H3/t16-/m1/s1. The van der Waals surface area contributed by atoms with Gasteiger partial charge in [-0.1, -0.05) is 45.0 Å².